The van der Waals surface area contributed by atoms with Crippen molar-refractivity contribution in [3.8, 4) is 0 Å². The zero-order valence-corrected chi connectivity index (χ0v) is 13.0. The second-order valence-electron chi connectivity index (χ2n) is 5.56. The number of carbonyl (C=O) groups excluding carboxylic acids is 2. The van der Waals surface area contributed by atoms with Crippen molar-refractivity contribution in [2.75, 3.05) is 26.2 Å². The van der Waals surface area contributed by atoms with E-state index in [-0.39, 0.29) is 29.2 Å². The summed E-state index contributed by atoms with van der Waals surface area (Å²) in [6.07, 6.45) is 1.44. The second kappa shape index (κ2) is 7.23. The Kier molecular flexibility index (Phi) is 5.32. The number of aromatic nitrogens is 1. The number of piperidine rings is 1. The maximum absolute atomic E-state index is 12.6. The molecule has 23 heavy (non-hydrogen) atoms. The molecule has 1 aromatic heterocycles. The molecule has 0 radical (unpaired) electrons. The molecule has 1 atom stereocenters. The molecule has 3 N–H and O–H groups in total. The lowest BCUT2D eigenvalue weighted by Gasteiger charge is -2.31. The minimum Gasteiger partial charge on any atom is -0.358 e. The van der Waals surface area contributed by atoms with E-state index in [1.807, 2.05) is 0 Å². The number of rotatable bonds is 5. The third kappa shape index (κ3) is 3.67. The highest BCUT2D eigenvalue weighted by Gasteiger charge is 2.31. The van der Waals surface area contributed by atoms with E-state index in [1.165, 1.54) is 23.7 Å². The molecule has 0 aliphatic carbocycles. The molecule has 2 rings (SSSR count). The molecule has 1 aliphatic heterocycles. The van der Waals surface area contributed by atoms with E-state index in [0.717, 1.165) is 6.42 Å². The zero-order chi connectivity index (χ0) is 17.0. The van der Waals surface area contributed by atoms with E-state index in [4.69, 9.17) is 5.73 Å². The van der Waals surface area contributed by atoms with Crippen LogP contribution in [0.25, 0.3) is 0 Å². The Morgan fingerprint density at radius 3 is 2.83 bits per heavy atom. The molecule has 1 aliphatic rings. The van der Waals surface area contributed by atoms with Gasteiger partial charge in [-0.05, 0) is 23.8 Å². The number of hydrogen-bond donors (Lipinski definition) is 2. The molecule has 126 valence electrons. The van der Waals surface area contributed by atoms with Gasteiger partial charge in [0.15, 0.2) is 5.69 Å². The third-order valence-electron chi connectivity index (χ3n) is 4.02. The number of carbonyl (C=O) groups is 2. The second-order valence-corrected chi connectivity index (χ2v) is 5.56. The summed E-state index contributed by atoms with van der Waals surface area (Å²) in [5.74, 6) is -0.806. The normalized spacial score (nSPS) is 17.8. The molecule has 1 fully saturated rings. The van der Waals surface area contributed by atoms with Crippen LogP contribution in [-0.2, 0) is 11.8 Å². The van der Waals surface area contributed by atoms with Gasteiger partial charge in [0.1, 0.15) is 0 Å². The van der Waals surface area contributed by atoms with Crippen LogP contribution in [0.1, 0.15) is 23.3 Å². The molecular formula is C14H21N5O4. The van der Waals surface area contributed by atoms with Crippen LogP contribution < -0.4 is 11.1 Å². The Balaban J connectivity index is 2.07. The molecule has 9 nitrogen and oxygen atoms in total. The number of nitro groups is 1. The quantitative estimate of drug-likeness (QED) is 0.576. The summed E-state index contributed by atoms with van der Waals surface area (Å²) >= 11 is 0. The fraction of sp³-hybridized carbons (Fsp3) is 0.571. The summed E-state index contributed by atoms with van der Waals surface area (Å²) in [6.45, 7) is 1.63. The zero-order valence-electron chi connectivity index (χ0n) is 13.0. The number of nitrogens with two attached hydrogens (primary N) is 1. The number of amides is 2. The van der Waals surface area contributed by atoms with E-state index in [0.29, 0.717) is 32.6 Å². The highest BCUT2D eigenvalue weighted by molar-refractivity contribution is 5.94. The van der Waals surface area contributed by atoms with Gasteiger partial charge in [0.25, 0.3) is 5.91 Å². The van der Waals surface area contributed by atoms with Gasteiger partial charge in [-0.15, -0.1) is 0 Å². The molecule has 0 bridgehead atoms. The predicted octanol–water partition coefficient (Wildman–Crippen LogP) is -0.140. The van der Waals surface area contributed by atoms with E-state index in [1.54, 1.807) is 4.90 Å². The summed E-state index contributed by atoms with van der Waals surface area (Å²) in [7, 11) is 1.49. The van der Waals surface area contributed by atoms with E-state index >= 15 is 0 Å². The molecule has 1 aromatic rings. The number of hydrogen-bond acceptors (Lipinski definition) is 5. The minimum absolute atomic E-state index is 0.106. The fourth-order valence-electron chi connectivity index (χ4n) is 2.78. The van der Waals surface area contributed by atoms with Crippen LogP contribution in [0.4, 0.5) is 5.82 Å². The van der Waals surface area contributed by atoms with Crippen molar-refractivity contribution < 1.29 is 14.5 Å². The van der Waals surface area contributed by atoms with E-state index < -0.39 is 4.92 Å². The monoisotopic (exact) mass is 323 g/mol. The van der Waals surface area contributed by atoms with Crippen molar-refractivity contribution in [1.29, 1.82) is 0 Å². The first kappa shape index (κ1) is 16.9. The van der Waals surface area contributed by atoms with Crippen LogP contribution >= 0.6 is 0 Å². The molecule has 1 unspecified atom stereocenters. The van der Waals surface area contributed by atoms with Gasteiger partial charge in [-0.25, -0.2) is 4.57 Å². The summed E-state index contributed by atoms with van der Waals surface area (Å²) in [6, 6.07) is 2.75. The Bertz CT molecular complexity index is 612. The van der Waals surface area contributed by atoms with Crippen LogP contribution in [0.3, 0.4) is 0 Å². The lowest BCUT2D eigenvalue weighted by molar-refractivity contribution is -0.391. The van der Waals surface area contributed by atoms with Gasteiger partial charge in [-0.3, -0.25) is 9.59 Å². The fourth-order valence-corrected chi connectivity index (χ4v) is 2.78. The van der Waals surface area contributed by atoms with Crippen LogP contribution in [-0.4, -0.2) is 52.4 Å². The topological polar surface area (TPSA) is 124 Å². The lowest BCUT2D eigenvalue weighted by Crippen LogP contribution is -2.46. The van der Waals surface area contributed by atoms with Gasteiger partial charge in [-0.1, -0.05) is 0 Å². The maximum Gasteiger partial charge on any atom is 0.323 e. The van der Waals surface area contributed by atoms with Crippen LogP contribution in [0.5, 0.6) is 0 Å². The largest absolute Gasteiger partial charge is 0.358 e. The van der Waals surface area contributed by atoms with Gasteiger partial charge in [0.05, 0.1) is 13.0 Å². The molecule has 0 spiro atoms. The molecule has 2 heterocycles. The Morgan fingerprint density at radius 2 is 2.22 bits per heavy atom. The number of likely N-dealkylation sites (tertiary alicyclic amines) is 1. The summed E-state index contributed by atoms with van der Waals surface area (Å²) < 4.78 is 1.26. The third-order valence-corrected chi connectivity index (χ3v) is 4.02. The van der Waals surface area contributed by atoms with Crippen molar-refractivity contribution >= 4 is 17.6 Å². The van der Waals surface area contributed by atoms with Crippen molar-refractivity contribution in [3.05, 3.63) is 27.9 Å². The van der Waals surface area contributed by atoms with Crippen molar-refractivity contribution in [2.24, 2.45) is 18.7 Å². The van der Waals surface area contributed by atoms with Crippen LogP contribution in [0.2, 0.25) is 0 Å². The molecule has 0 aromatic carbocycles. The number of nitrogens with one attached hydrogen (secondary N) is 1. The smallest absolute Gasteiger partial charge is 0.323 e. The summed E-state index contributed by atoms with van der Waals surface area (Å²) in [4.78, 5) is 36.5. The van der Waals surface area contributed by atoms with E-state index in [9.17, 15) is 19.7 Å². The van der Waals surface area contributed by atoms with Gasteiger partial charge in [-0.2, -0.15) is 0 Å². The average Bonchev–Trinajstić information content (AvgIpc) is 2.93. The predicted molar refractivity (Wildman–Crippen MR) is 82.8 cm³/mol. The maximum atomic E-state index is 12.6. The summed E-state index contributed by atoms with van der Waals surface area (Å²) in [5, 5.41) is 13.6. The van der Waals surface area contributed by atoms with Gasteiger partial charge < -0.3 is 26.1 Å². The van der Waals surface area contributed by atoms with Gasteiger partial charge >= 0.3 is 5.82 Å². The SMILES string of the molecule is Cn1c(C(=O)N2CCCC(C(=O)NCCN)C2)ccc1[N+](=O)[O-]. The van der Waals surface area contributed by atoms with Gasteiger partial charge in [0, 0.05) is 32.2 Å². The summed E-state index contributed by atoms with van der Waals surface area (Å²) in [5.41, 5.74) is 5.61. The molecule has 9 heteroatoms. The molecule has 2 amide bonds. The van der Waals surface area contributed by atoms with Crippen LogP contribution in [0, 0.1) is 16.0 Å². The highest BCUT2D eigenvalue weighted by atomic mass is 16.6. The Hall–Kier alpha value is -2.42. The average molecular weight is 323 g/mol. The van der Waals surface area contributed by atoms with Crippen LogP contribution in [0.15, 0.2) is 12.1 Å². The molecular weight excluding hydrogens is 302 g/mol. The van der Waals surface area contributed by atoms with Crippen molar-refractivity contribution in [2.45, 2.75) is 12.8 Å². The number of nitrogens with zero attached hydrogens (tertiary/aromatic N) is 3. The minimum atomic E-state index is -0.532. The first-order valence-corrected chi connectivity index (χ1v) is 7.53. The van der Waals surface area contributed by atoms with Crippen molar-refractivity contribution in [3.63, 3.8) is 0 Å². The Morgan fingerprint density at radius 1 is 1.48 bits per heavy atom. The highest BCUT2D eigenvalue weighted by Crippen LogP contribution is 2.21. The van der Waals surface area contributed by atoms with Gasteiger partial charge in [0.2, 0.25) is 5.91 Å². The van der Waals surface area contributed by atoms with E-state index in [2.05, 4.69) is 5.32 Å². The molecule has 1 saturated heterocycles. The Labute approximate surface area is 133 Å². The first-order valence-electron chi connectivity index (χ1n) is 7.53. The molecule has 0 saturated carbocycles. The lowest BCUT2D eigenvalue weighted by atomic mass is 9.97. The first-order chi connectivity index (χ1) is 11.0. The van der Waals surface area contributed by atoms with Crippen molar-refractivity contribution in [1.82, 2.24) is 14.8 Å². The standard InChI is InChI=1S/C14H21N5O4/c1-17-11(4-5-12(17)19(22)23)14(21)18-8-2-3-10(9-18)13(20)16-7-6-15/h4-5,10H,2-3,6-9,15H2,1H3,(H,16,20).